The Labute approximate surface area is 225 Å². The van der Waals surface area contributed by atoms with Crippen LogP contribution in [0.15, 0.2) is 48.5 Å². The smallest absolute Gasteiger partial charge is 0.432 e. The van der Waals surface area contributed by atoms with Crippen molar-refractivity contribution in [3.63, 3.8) is 0 Å². The van der Waals surface area contributed by atoms with Crippen LogP contribution in [0.3, 0.4) is 0 Å². The van der Waals surface area contributed by atoms with Crippen LogP contribution in [-0.4, -0.2) is 37.5 Å². The van der Waals surface area contributed by atoms with Gasteiger partial charge in [-0.1, -0.05) is 65.8 Å². The Bertz CT molecular complexity index is 1020. The second-order valence-electron chi connectivity index (χ2n) is 9.84. The lowest BCUT2D eigenvalue weighted by Crippen LogP contribution is -2.29. The predicted molar refractivity (Wildman–Crippen MR) is 133 cm³/mol. The van der Waals surface area contributed by atoms with E-state index in [1.807, 2.05) is 27.7 Å². The molecular formula is C27H32O12. The van der Waals surface area contributed by atoms with Gasteiger partial charge in [-0.05, 0) is 47.2 Å². The fourth-order valence-corrected chi connectivity index (χ4v) is 2.85. The Kier molecular flexibility index (Phi) is 11.7. The van der Waals surface area contributed by atoms with Gasteiger partial charge in [0.05, 0.1) is 21.2 Å². The van der Waals surface area contributed by atoms with Gasteiger partial charge >= 0.3 is 24.2 Å². The molecule has 0 aliphatic carbocycles. The van der Waals surface area contributed by atoms with Crippen molar-refractivity contribution in [2.75, 3.05) is 13.2 Å². The first-order chi connectivity index (χ1) is 18.4. The van der Waals surface area contributed by atoms with Crippen molar-refractivity contribution in [3.8, 4) is 0 Å². The van der Waals surface area contributed by atoms with Crippen LogP contribution in [0.25, 0.3) is 0 Å². The predicted octanol–water partition coefficient (Wildman–Crippen LogP) is 5.97. The zero-order valence-corrected chi connectivity index (χ0v) is 22.6. The molecule has 2 aromatic rings. The molecule has 2 rings (SSSR count). The Hall–Kier alpha value is -4.16. The van der Waals surface area contributed by atoms with Crippen LogP contribution in [0.4, 0.5) is 9.59 Å². The van der Waals surface area contributed by atoms with E-state index in [0.29, 0.717) is 11.8 Å². The van der Waals surface area contributed by atoms with Gasteiger partial charge < -0.3 is 9.47 Å². The lowest BCUT2D eigenvalue weighted by atomic mass is 9.96. The Morgan fingerprint density at radius 3 is 1.23 bits per heavy atom. The molecule has 0 bridgehead atoms. The fourth-order valence-electron chi connectivity index (χ4n) is 2.85. The summed E-state index contributed by atoms with van der Waals surface area (Å²) < 4.78 is 9.69. The third-order valence-electron chi connectivity index (χ3n) is 5.21. The molecule has 0 heterocycles. The Balaban J connectivity index is 1.62. The van der Waals surface area contributed by atoms with E-state index >= 15 is 0 Å². The highest BCUT2D eigenvalue weighted by atomic mass is 17.5. The molecule has 12 heteroatoms. The minimum Gasteiger partial charge on any atom is -0.432 e. The van der Waals surface area contributed by atoms with Crippen LogP contribution in [0, 0.1) is 5.41 Å². The monoisotopic (exact) mass is 548 g/mol. The average Bonchev–Trinajstić information content (AvgIpc) is 2.91. The number of carbonyl (C=O) groups excluding carboxylic acids is 4. The number of hydrogen-bond donors (Lipinski definition) is 0. The SMILES string of the molecule is CC(C)c1ccc(C(=O)OOOC(=O)OCC(C)(C)COC(=O)OOOC(=O)c2ccc(C(C)C)cc2)cc1. The summed E-state index contributed by atoms with van der Waals surface area (Å²) in [6.07, 6.45) is -2.60. The van der Waals surface area contributed by atoms with Crippen molar-refractivity contribution in [2.24, 2.45) is 5.41 Å². The molecule has 0 unspecified atom stereocenters. The molecule has 0 saturated carbocycles. The van der Waals surface area contributed by atoms with Gasteiger partial charge in [-0.3, -0.25) is 9.78 Å². The number of ether oxygens (including phenoxy) is 2. The van der Waals surface area contributed by atoms with E-state index in [9.17, 15) is 19.2 Å². The molecule has 0 atom stereocenters. The van der Waals surface area contributed by atoms with Crippen LogP contribution in [0.5, 0.6) is 0 Å². The first-order valence-corrected chi connectivity index (χ1v) is 12.0. The van der Waals surface area contributed by atoms with Gasteiger partial charge in [-0.2, -0.15) is 0 Å². The first kappa shape index (κ1) is 31.1. The first-order valence-electron chi connectivity index (χ1n) is 12.0. The van der Waals surface area contributed by atoms with Crippen molar-refractivity contribution >= 4 is 24.2 Å². The molecule has 2 aromatic carbocycles. The maximum atomic E-state index is 11.9. The molecule has 0 fully saturated rings. The van der Waals surface area contributed by atoms with Gasteiger partial charge in [0.2, 0.25) is 0 Å². The number of benzene rings is 2. The summed E-state index contributed by atoms with van der Waals surface area (Å²) in [5.74, 6) is -1.16. The summed E-state index contributed by atoms with van der Waals surface area (Å²) in [5, 5.41) is 8.35. The van der Waals surface area contributed by atoms with Crippen LogP contribution in [0.1, 0.15) is 85.2 Å². The largest absolute Gasteiger partial charge is 0.543 e. The molecule has 0 aliphatic rings. The van der Waals surface area contributed by atoms with Crippen molar-refractivity contribution in [1.82, 2.24) is 0 Å². The average molecular weight is 549 g/mol. The molecule has 0 saturated heterocycles. The minimum atomic E-state index is -1.30. The molecule has 0 radical (unpaired) electrons. The fraction of sp³-hybridized carbons (Fsp3) is 0.407. The maximum Gasteiger partial charge on any atom is 0.543 e. The molecule has 0 N–H and O–H groups in total. The summed E-state index contributed by atoms with van der Waals surface area (Å²) in [6, 6.07) is 13.3. The lowest BCUT2D eigenvalue weighted by molar-refractivity contribution is -0.453. The summed E-state index contributed by atoms with van der Waals surface area (Å²) >= 11 is 0. The lowest BCUT2D eigenvalue weighted by Gasteiger charge is -2.22. The zero-order chi connectivity index (χ0) is 29.0. The Morgan fingerprint density at radius 2 is 0.923 bits per heavy atom. The van der Waals surface area contributed by atoms with E-state index in [-0.39, 0.29) is 24.3 Å². The van der Waals surface area contributed by atoms with E-state index in [1.165, 1.54) is 0 Å². The third-order valence-corrected chi connectivity index (χ3v) is 5.21. The van der Waals surface area contributed by atoms with E-state index in [2.05, 4.69) is 29.6 Å². The van der Waals surface area contributed by atoms with E-state index in [0.717, 1.165) is 11.1 Å². The van der Waals surface area contributed by atoms with Gasteiger partial charge in [-0.25, -0.2) is 29.0 Å². The standard InChI is InChI=1S/C27H32O12/c1-17(2)19-7-11-21(12-8-19)23(28)34-38-36-25(30)32-15-27(5,6)16-33-26(31)37-39-35-24(29)22-13-9-20(10-14-22)18(3)4/h7-14,17-18H,15-16H2,1-6H3. The minimum absolute atomic E-state index is 0.195. The van der Waals surface area contributed by atoms with Gasteiger partial charge in [0.15, 0.2) is 0 Å². The van der Waals surface area contributed by atoms with Crippen molar-refractivity contribution in [3.05, 3.63) is 70.8 Å². The second-order valence-corrected chi connectivity index (χ2v) is 9.84. The second kappa shape index (κ2) is 14.7. The van der Waals surface area contributed by atoms with E-state index in [4.69, 9.17) is 9.47 Å². The van der Waals surface area contributed by atoms with Gasteiger partial charge in [0.25, 0.3) is 0 Å². The van der Waals surface area contributed by atoms with Crippen molar-refractivity contribution in [1.29, 1.82) is 0 Å². The maximum absolute atomic E-state index is 11.9. The summed E-state index contributed by atoms with van der Waals surface area (Å²) in [5.41, 5.74) is 1.56. The summed E-state index contributed by atoms with van der Waals surface area (Å²) in [4.78, 5) is 64.5. The molecule has 0 aliphatic heterocycles. The normalized spacial score (nSPS) is 11.1. The molecular weight excluding hydrogens is 516 g/mol. The summed E-state index contributed by atoms with van der Waals surface area (Å²) in [6.45, 7) is 10.7. The quantitative estimate of drug-likeness (QED) is 0.175. The highest BCUT2D eigenvalue weighted by molar-refractivity contribution is 5.89. The van der Waals surface area contributed by atoms with Crippen LogP contribution < -0.4 is 0 Å². The van der Waals surface area contributed by atoms with Crippen LogP contribution in [0.2, 0.25) is 0 Å². The molecule has 12 nitrogen and oxygen atoms in total. The molecule has 39 heavy (non-hydrogen) atoms. The highest BCUT2D eigenvalue weighted by Gasteiger charge is 2.25. The number of carbonyl (C=O) groups is 4. The third kappa shape index (κ3) is 11.0. The van der Waals surface area contributed by atoms with Crippen LogP contribution in [-0.2, 0) is 39.1 Å². The van der Waals surface area contributed by atoms with E-state index in [1.54, 1.807) is 62.4 Å². The van der Waals surface area contributed by atoms with Gasteiger partial charge in [0, 0.05) is 5.41 Å². The van der Waals surface area contributed by atoms with Crippen molar-refractivity contribution in [2.45, 2.75) is 53.4 Å². The Morgan fingerprint density at radius 1 is 0.590 bits per heavy atom. The highest BCUT2D eigenvalue weighted by Crippen LogP contribution is 2.18. The molecule has 0 amide bonds. The molecule has 212 valence electrons. The number of hydrogen-bond acceptors (Lipinski definition) is 12. The summed E-state index contributed by atoms with van der Waals surface area (Å²) in [7, 11) is 0. The molecule has 0 spiro atoms. The van der Waals surface area contributed by atoms with Gasteiger partial charge in [0.1, 0.15) is 13.2 Å². The van der Waals surface area contributed by atoms with Gasteiger partial charge in [-0.15, -0.1) is 0 Å². The van der Waals surface area contributed by atoms with E-state index < -0.39 is 29.7 Å². The molecule has 0 aromatic heterocycles. The topological polar surface area (TPSA) is 142 Å². The zero-order valence-electron chi connectivity index (χ0n) is 22.6. The van der Waals surface area contributed by atoms with Crippen LogP contribution >= 0.6 is 0 Å². The van der Waals surface area contributed by atoms with Crippen molar-refractivity contribution < 1.29 is 58.3 Å². The number of rotatable bonds is 12.